The summed E-state index contributed by atoms with van der Waals surface area (Å²) in [5, 5.41) is 4.25. The quantitative estimate of drug-likeness (QED) is 0.436. The Morgan fingerprint density at radius 3 is 2.47 bits per heavy atom. The fraction of sp³-hybridized carbons (Fsp3) is 0.296. The average Bonchev–Trinajstić information content (AvgIpc) is 2.95. The van der Waals surface area contributed by atoms with Gasteiger partial charge in [0, 0.05) is 36.4 Å². The molecule has 0 amide bonds. The molecule has 32 heavy (non-hydrogen) atoms. The van der Waals surface area contributed by atoms with Crippen LogP contribution < -0.4 is 5.32 Å². The second-order valence-electron chi connectivity index (χ2n) is 8.74. The summed E-state index contributed by atoms with van der Waals surface area (Å²) in [5.41, 5.74) is 9.43. The first-order chi connectivity index (χ1) is 15.6. The van der Waals surface area contributed by atoms with Gasteiger partial charge in [-0.3, -0.25) is 4.90 Å². The summed E-state index contributed by atoms with van der Waals surface area (Å²) in [7, 11) is 0. The number of hydrogen-bond donors (Lipinski definition) is 1. The highest BCUT2D eigenvalue weighted by Gasteiger charge is 2.19. The summed E-state index contributed by atoms with van der Waals surface area (Å²) >= 11 is 6.16. The predicted octanol–water partition coefficient (Wildman–Crippen LogP) is 5.73. The lowest BCUT2D eigenvalue weighted by molar-refractivity contribution is 0.281. The van der Waals surface area contributed by atoms with Crippen LogP contribution in [0.2, 0.25) is 5.02 Å². The van der Waals surface area contributed by atoms with Crippen molar-refractivity contribution in [2.24, 2.45) is 0 Å². The summed E-state index contributed by atoms with van der Waals surface area (Å²) in [5.74, 6) is 0. The summed E-state index contributed by atoms with van der Waals surface area (Å²) in [6.45, 7) is 9.46. The molecule has 0 unspecified atom stereocenters. The van der Waals surface area contributed by atoms with Crippen LogP contribution in [0.4, 0.5) is 0 Å². The third-order valence-corrected chi connectivity index (χ3v) is 6.73. The van der Waals surface area contributed by atoms with Gasteiger partial charge in [0.2, 0.25) is 0 Å². The number of aromatic nitrogens is 2. The zero-order valence-electron chi connectivity index (χ0n) is 18.7. The van der Waals surface area contributed by atoms with E-state index in [2.05, 4.69) is 77.1 Å². The van der Waals surface area contributed by atoms with Gasteiger partial charge in [-0.25, -0.2) is 4.98 Å². The molecule has 1 N–H and O–H groups in total. The maximum atomic E-state index is 6.16. The van der Waals surface area contributed by atoms with Crippen molar-refractivity contribution >= 4 is 17.2 Å². The molecule has 5 rings (SSSR count). The first kappa shape index (κ1) is 21.2. The molecule has 4 aromatic rings. The molecule has 0 saturated carbocycles. The van der Waals surface area contributed by atoms with Crippen LogP contribution in [0.3, 0.4) is 0 Å². The number of rotatable bonds is 4. The zero-order valence-corrected chi connectivity index (χ0v) is 19.5. The molecule has 5 heteroatoms. The number of aryl methyl sites for hydroxylation is 2. The number of halogens is 1. The number of hydrogen-bond acceptors (Lipinski definition) is 3. The minimum atomic E-state index is 0.745. The van der Waals surface area contributed by atoms with Crippen LogP contribution in [0.5, 0.6) is 0 Å². The van der Waals surface area contributed by atoms with Crippen LogP contribution in [-0.2, 0) is 6.54 Å². The van der Waals surface area contributed by atoms with Crippen molar-refractivity contribution < 1.29 is 0 Å². The monoisotopic (exact) mass is 444 g/mol. The van der Waals surface area contributed by atoms with E-state index in [-0.39, 0.29) is 0 Å². The molecule has 1 saturated heterocycles. The van der Waals surface area contributed by atoms with Crippen molar-refractivity contribution in [3.05, 3.63) is 82.6 Å². The van der Waals surface area contributed by atoms with Gasteiger partial charge in [0.15, 0.2) is 0 Å². The fourth-order valence-corrected chi connectivity index (χ4v) is 4.57. The highest BCUT2D eigenvalue weighted by molar-refractivity contribution is 6.30. The SMILES string of the molecule is Cc1ccc(-c2ccc3nc(-c4ccc(Cl)cc4)c(CN4CCCNCC4)n3c2)cc1C. The molecular weight excluding hydrogens is 416 g/mol. The van der Waals surface area contributed by atoms with Crippen molar-refractivity contribution in [1.82, 2.24) is 19.6 Å². The molecule has 164 valence electrons. The lowest BCUT2D eigenvalue weighted by Gasteiger charge is -2.20. The lowest BCUT2D eigenvalue weighted by atomic mass is 10.0. The van der Waals surface area contributed by atoms with Gasteiger partial charge in [-0.05, 0) is 79.9 Å². The molecule has 0 bridgehead atoms. The average molecular weight is 445 g/mol. The maximum absolute atomic E-state index is 6.16. The van der Waals surface area contributed by atoms with Gasteiger partial charge in [-0.1, -0.05) is 41.9 Å². The summed E-state index contributed by atoms with van der Waals surface area (Å²) < 4.78 is 2.28. The normalized spacial score (nSPS) is 15.2. The molecule has 2 aromatic heterocycles. The number of benzene rings is 2. The van der Waals surface area contributed by atoms with Crippen molar-refractivity contribution in [3.8, 4) is 22.4 Å². The minimum absolute atomic E-state index is 0.745. The van der Waals surface area contributed by atoms with Gasteiger partial charge >= 0.3 is 0 Å². The molecular formula is C27H29ClN4. The van der Waals surface area contributed by atoms with E-state index in [0.717, 1.165) is 54.7 Å². The third kappa shape index (κ3) is 4.31. The van der Waals surface area contributed by atoms with Crippen LogP contribution in [0.15, 0.2) is 60.8 Å². The van der Waals surface area contributed by atoms with Crippen LogP contribution in [0.25, 0.3) is 28.0 Å². The highest BCUT2D eigenvalue weighted by atomic mass is 35.5. The van der Waals surface area contributed by atoms with Crippen LogP contribution in [0, 0.1) is 13.8 Å². The first-order valence-electron chi connectivity index (χ1n) is 11.4. The number of nitrogens with zero attached hydrogens (tertiary/aromatic N) is 3. The Hall–Kier alpha value is -2.66. The Morgan fingerprint density at radius 2 is 1.66 bits per heavy atom. The Balaban J connectivity index is 1.63. The largest absolute Gasteiger partial charge is 0.315 e. The summed E-state index contributed by atoms with van der Waals surface area (Å²) in [4.78, 5) is 7.58. The maximum Gasteiger partial charge on any atom is 0.137 e. The standard InChI is InChI=1S/C27H29ClN4/c1-19-4-5-22(16-20(19)2)23-8-11-26-30-27(21-6-9-24(28)10-7-21)25(32(26)17-23)18-31-14-3-12-29-13-15-31/h4-11,16-17,29H,3,12-15,18H2,1-2H3. The van der Waals surface area contributed by atoms with Crippen LogP contribution in [0.1, 0.15) is 23.2 Å². The first-order valence-corrected chi connectivity index (χ1v) is 11.7. The molecule has 4 nitrogen and oxygen atoms in total. The summed E-state index contributed by atoms with van der Waals surface area (Å²) in [6, 6.07) is 19.0. The zero-order chi connectivity index (χ0) is 22.1. The topological polar surface area (TPSA) is 32.6 Å². The van der Waals surface area contributed by atoms with Crippen molar-refractivity contribution in [1.29, 1.82) is 0 Å². The van der Waals surface area contributed by atoms with Crippen LogP contribution >= 0.6 is 11.6 Å². The van der Waals surface area contributed by atoms with Crippen molar-refractivity contribution in [3.63, 3.8) is 0 Å². The lowest BCUT2D eigenvalue weighted by Crippen LogP contribution is -2.28. The Morgan fingerprint density at radius 1 is 0.875 bits per heavy atom. The van der Waals surface area contributed by atoms with E-state index < -0.39 is 0 Å². The van der Waals surface area contributed by atoms with E-state index in [4.69, 9.17) is 16.6 Å². The minimum Gasteiger partial charge on any atom is -0.315 e. The van der Waals surface area contributed by atoms with Gasteiger partial charge in [0.1, 0.15) is 5.65 Å². The van der Waals surface area contributed by atoms with Gasteiger partial charge in [0.25, 0.3) is 0 Å². The predicted molar refractivity (Wildman–Crippen MR) is 133 cm³/mol. The van der Waals surface area contributed by atoms with Crippen molar-refractivity contribution in [2.75, 3.05) is 26.2 Å². The molecule has 0 spiro atoms. The number of nitrogens with one attached hydrogen (secondary N) is 1. The van der Waals surface area contributed by atoms with Gasteiger partial charge in [-0.2, -0.15) is 0 Å². The molecule has 0 radical (unpaired) electrons. The van der Waals surface area contributed by atoms with Gasteiger partial charge in [0.05, 0.1) is 11.4 Å². The molecule has 1 aliphatic rings. The smallest absolute Gasteiger partial charge is 0.137 e. The van der Waals surface area contributed by atoms with E-state index in [9.17, 15) is 0 Å². The highest BCUT2D eigenvalue weighted by Crippen LogP contribution is 2.30. The molecule has 0 atom stereocenters. The van der Waals surface area contributed by atoms with E-state index in [1.807, 2.05) is 12.1 Å². The molecule has 0 aliphatic carbocycles. The number of pyridine rings is 1. The summed E-state index contributed by atoms with van der Waals surface area (Å²) in [6.07, 6.45) is 3.41. The van der Waals surface area contributed by atoms with E-state index in [0.29, 0.717) is 0 Å². The molecule has 1 fully saturated rings. The van der Waals surface area contributed by atoms with Gasteiger partial charge < -0.3 is 9.72 Å². The second kappa shape index (κ2) is 9.07. The van der Waals surface area contributed by atoms with E-state index in [1.165, 1.54) is 34.4 Å². The Bertz CT molecular complexity index is 1230. The van der Waals surface area contributed by atoms with E-state index >= 15 is 0 Å². The molecule has 3 heterocycles. The van der Waals surface area contributed by atoms with Crippen LogP contribution in [-0.4, -0.2) is 40.5 Å². The number of fused-ring (bicyclic) bond motifs is 1. The molecule has 1 aliphatic heterocycles. The Kier molecular flexibility index (Phi) is 6.01. The Labute approximate surface area is 194 Å². The third-order valence-electron chi connectivity index (χ3n) is 6.48. The second-order valence-corrected chi connectivity index (χ2v) is 9.18. The number of imidazole rings is 1. The van der Waals surface area contributed by atoms with E-state index in [1.54, 1.807) is 0 Å². The molecule has 2 aromatic carbocycles. The fourth-order valence-electron chi connectivity index (χ4n) is 4.45. The van der Waals surface area contributed by atoms with Gasteiger partial charge in [-0.15, -0.1) is 0 Å². The van der Waals surface area contributed by atoms with Crippen molar-refractivity contribution in [2.45, 2.75) is 26.8 Å².